The Morgan fingerprint density at radius 2 is 1.24 bits per heavy atom. The topological polar surface area (TPSA) is 328 Å². The number of nitrogens with zero attached hydrogens (tertiary/aromatic N) is 13. The number of terminal acetylenes is 1. The molecule has 70 heavy (non-hydrogen) atoms. The number of carboxylic acid groups (broad SMARTS) is 1. The number of anilines is 3. The minimum absolute atomic E-state index is 0.0343. The van der Waals surface area contributed by atoms with Crippen LogP contribution in [0.3, 0.4) is 0 Å². The molecule has 0 aromatic carbocycles. The second kappa shape index (κ2) is 29.5. The van der Waals surface area contributed by atoms with Gasteiger partial charge in [0.2, 0.25) is 29.7 Å². The van der Waals surface area contributed by atoms with Gasteiger partial charge in [-0.25, -0.2) is 9.36 Å². The van der Waals surface area contributed by atoms with Gasteiger partial charge in [0, 0.05) is 65.3 Å². The van der Waals surface area contributed by atoms with E-state index in [0.29, 0.717) is 147 Å². The molecule has 0 unspecified atom stereocenters. The van der Waals surface area contributed by atoms with E-state index in [9.17, 15) is 19.5 Å². The van der Waals surface area contributed by atoms with E-state index in [0.717, 1.165) is 32.1 Å². The van der Waals surface area contributed by atoms with E-state index in [4.69, 9.17) is 58.5 Å². The second-order valence-electron chi connectivity index (χ2n) is 17.6. The van der Waals surface area contributed by atoms with Gasteiger partial charge < -0.3 is 67.2 Å². The van der Waals surface area contributed by atoms with Crippen LogP contribution in [0, 0.1) is 18.3 Å². The minimum Gasteiger partial charge on any atom is -0.481 e. The first-order valence-corrected chi connectivity index (χ1v) is 24.7. The third kappa shape index (κ3) is 16.8. The molecule has 3 aromatic rings. The van der Waals surface area contributed by atoms with Gasteiger partial charge in [-0.05, 0) is 57.5 Å². The molecule has 2 aliphatic heterocycles. The molecule has 2 amide bonds. The number of ether oxygens (including phenoxy) is 3. The van der Waals surface area contributed by atoms with E-state index < -0.39 is 18.1 Å². The summed E-state index contributed by atoms with van der Waals surface area (Å²) >= 11 is 0. The van der Waals surface area contributed by atoms with Crippen LogP contribution in [0.1, 0.15) is 107 Å². The first kappa shape index (κ1) is 55.3. The number of aliphatic carboxylic acids is 1. The number of carboxylic acids is 1. The van der Waals surface area contributed by atoms with Gasteiger partial charge >= 0.3 is 5.97 Å². The monoisotopic (exact) mass is 981 g/mol. The summed E-state index contributed by atoms with van der Waals surface area (Å²) in [6, 6.07) is -2.10. The number of piperazine rings is 2. The summed E-state index contributed by atoms with van der Waals surface area (Å²) in [5, 5.41) is 30.0. The number of unbranched alkanes of at least 4 members (excludes halogenated alkanes) is 2. The predicted molar refractivity (Wildman–Crippen MR) is 261 cm³/mol. The lowest BCUT2D eigenvalue weighted by Crippen LogP contribution is -2.52. The molecule has 0 saturated carbocycles. The Bertz CT molecular complexity index is 2070. The highest BCUT2D eigenvalue weighted by Gasteiger charge is 2.34. The fourth-order valence-corrected chi connectivity index (χ4v) is 8.09. The second-order valence-corrected chi connectivity index (χ2v) is 17.6. The summed E-state index contributed by atoms with van der Waals surface area (Å²) < 4.78 is 19.6. The van der Waals surface area contributed by atoms with Crippen LogP contribution < -0.4 is 38.1 Å². The number of rotatable bonds is 32. The van der Waals surface area contributed by atoms with Gasteiger partial charge in [-0.1, -0.05) is 43.0 Å². The minimum atomic E-state index is -1.02. The highest BCUT2D eigenvalue weighted by Crippen LogP contribution is 2.26. The Balaban J connectivity index is 1.26. The number of amides is 2. The smallest absolute Gasteiger partial charge is 0.303 e. The fraction of sp³-hybridized carbons (Fsp3) is 0.733. The van der Waals surface area contributed by atoms with Gasteiger partial charge in [-0.15, -0.1) is 16.6 Å². The van der Waals surface area contributed by atoms with Crippen molar-refractivity contribution in [2.24, 2.45) is 28.9 Å². The van der Waals surface area contributed by atoms with Gasteiger partial charge in [0.15, 0.2) is 0 Å². The van der Waals surface area contributed by atoms with Crippen LogP contribution in [-0.2, 0) is 28.6 Å². The number of hydrogen-bond acceptors (Lipinski definition) is 20. The molecule has 0 bridgehead atoms. The van der Waals surface area contributed by atoms with Gasteiger partial charge in [0.05, 0.1) is 68.9 Å². The van der Waals surface area contributed by atoms with E-state index >= 15 is 0 Å². The van der Waals surface area contributed by atoms with Crippen molar-refractivity contribution in [1.29, 1.82) is 0 Å². The lowest BCUT2D eigenvalue weighted by molar-refractivity contribution is -0.139. The van der Waals surface area contributed by atoms with Gasteiger partial charge in [0.25, 0.3) is 0 Å². The van der Waals surface area contributed by atoms with Crippen molar-refractivity contribution in [2.75, 3.05) is 127 Å². The van der Waals surface area contributed by atoms with Gasteiger partial charge in [-0.2, -0.15) is 15.0 Å². The summed E-state index contributed by atoms with van der Waals surface area (Å²) in [5.74, 6) is 2.50. The summed E-state index contributed by atoms with van der Waals surface area (Å²) in [4.78, 5) is 62.1. The van der Waals surface area contributed by atoms with Crippen LogP contribution in [-0.4, -0.2) is 189 Å². The van der Waals surface area contributed by atoms with E-state index in [-0.39, 0.29) is 49.3 Å². The highest BCUT2D eigenvalue weighted by atomic mass is 16.5. The molecule has 2 saturated heterocycles. The maximum absolute atomic E-state index is 14.2. The molecule has 5 atom stereocenters. The van der Waals surface area contributed by atoms with Crippen molar-refractivity contribution >= 4 is 35.6 Å². The summed E-state index contributed by atoms with van der Waals surface area (Å²) in [5.41, 5.74) is 25.5. The van der Waals surface area contributed by atoms with Crippen LogP contribution in [0.15, 0.2) is 12.4 Å². The molecule has 5 rings (SSSR count). The van der Waals surface area contributed by atoms with Crippen LogP contribution >= 0.6 is 0 Å². The van der Waals surface area contributed by atoms with E-state index in [2.05, 4.69) is 45.7 Å². The first-order valence-electron chi connectivity index (χ1n) is 24.7. The molecule has 0 spiro atoms. The third-order valence-electron chi connectivity index (χ3n) is 12.6. The fourth-order valence-electron chi connectivity index (χ4n) is 8.09. The van der Waals surface area contributed by atoms with Crippen molar-refractivity contribution in [3.8, 4) is 12.3 Å². The van der Waals surface area contributed by atoms with E-state index in [1.807, 2.05) is 14.7 Å². The Morgan fingerprint density at radius 3 is 1.79 bits per heavy atom. The average molecular weight is 981 g/mol. The van der Waals surface area contributed by atoms with Gasteiger partial charge in [0.1, 0.15) is 18.7 Å². The standard InChI is InChI=1S/C45H76N18O7/c1-4-25-68-27-29-70-30-28-69-26-16-50-43-51-44(60-21-17-58(18-22-60)41(66)37(11-7-9-15-47)63-32-36(55-57-63)40(49)33(3)5-2)53-45(52-43)61-23-19-59(20-24-61)42(67)38(12-13-39(64)65)62-31-35(54-56-62)34(48)10-6-8-14-46/h1,31-34,37-38,40H,5-30,46-49H2,2-3H3,(H,64,65)(H,50,51,52,53)/t33-,34+,37+,38+,40+/m1/s1. The molecular weight excluding hydrogens is 905 g/mol. The molecule has 2 fully saturated rings. The third-order valence-corrected chi connectivity index (χ3v) is 12.6. The zero-order valence-corrected chi connectivity index (χ0v) is 41.0. The molecule has 2 aliphatic rings. The molecular formula is C45H76N18O7. The van der Waals surface area contributed by atoms with Crippen LogP contribution in [0.2, 0.25) is 0 Å². The number of aromatic nitrogens is 9. The zero-order chi connectivity index (χ0) is 50.3. The van der Waals surface area contributed by atoms with Gasteiger partial charge in [-0.3, -0.25) is 14.4 Å². The zero-order valence-electron chi connectivity index (χ0n) is 41.0. The Labute approximate surface area is 410 Å². The predicted octanol–water partition coefficient (Wildman–Crippen LogP) is 0.0978. The van der Waals surface area contributed by atoms with Crippen LogP contribution in [0.5, 0.6) is 0 Å². The van der Waals surface area contributed by atoms with Crippen molar-refractivity contribution in [3.05, 3.63) is 23.8 Å². The number of nitrogens with one attached hydrogen (secondary N) is 1. The molecule has 388 valence electrons. The number of carbonyl (C=O) groups is 3. The van der Waals surface area contributed by atoms with Crippen LogP contribution in [0.4, 0.5) is 17.8 Å². The Kier molecular flexibility index (Phi) is 23.3. The van der Waals surface area contributed by atoms with E-state index in [1.165, 1.54) is 4.68 Å². The van der Waals surface area contributed by atoms with Crippen molar-refractivity contribution < 1.29 is 33.7 Å². The molecule has 3 aromatic heterocycles. The largest absolute Gasteiger partial charge is 0.481 e. The lowest BCUT2D eigenvalue weighted by atomic mass is 9.98. The summed E-state index contributed by atoms with van der Waals surface area (Å²) in [7, 11) is 0. The number of carbonyl (C=O) groups excluding carboxylic acids is 2. The molecule has 5 heterocycles. The van der Waals surface area contributed by atoms with Crippen molar-refractivity contribution in [2.45, 2.75) is 95.8 Å². The lowest BCUT2D eigenvalue weighted by Gasteiger charge is -2.38. The molecule has 0 aliphatic carbocycles. The normalized spacial score (nSPS) is 16.4. The quantitative estimate of drug-likeness (QED) is 0.0357. The molecule has 25 nitrogen and oxygen atoms in total. The highest BCUT2D eigenvalue weighted by molar-refractivity contribution is 5.81. The average Bonchev–Trinajstić information content (AvgIpc) is 4.08. The van der Waals surface area contributed by atoms with Crippen LogP contribution in [0.25, 0.3) is 0 Å². The molecule has 10 N–H and O–H groups in total. The number of hydrogen-bond donors (Lipinski definition) is 6. The molecule has 0 radical (unpaired) electrons. The Hall–Kier alpha value is -5.62. The van der Waals surface area contributed by atoms with Crippen molar-refractivity contribution in [3.63, 3.8) is 0 Å². The maximum atomic E-state index is 14.2. The summed E-state index contributed by atoms with van der Waals surface area (Å²) in [6.07, 6.45) is 13.8. The summed E-state index contributed by atoms with van der Waals surface area (Å²) in [6.45, 7) is 11.0. The maximum Gasteiger partial charge on any atom is 0.303 e. The molecule has 25 heteroatoms. The number of nitrogens with two attached hydrogens (primary N) is 4. The SMILES string of the molecule is C#CCOCCOCCOCCNc1nc(N2CCN(C(=O)[C@H](CCCCN)n3cc([C@@H](N)[C@H](C)CC)nn3)CC2)nc(N2CCN(C(=O)[C@H](CCC(=O)O)n3cc([C@@H](N)CCCCN)nn3)CC2)n1. The van der Waals surface area contributed by atoms with E-state index in [1.54, 1.807) is 22.0 Å². The first-order chi connectivity index (χ1) is 34.0. The Morgan fingerprint density at radius 1 is 0.729 bits per heavy atom. The van der Waals surface area contributed by atoms with Crippen molar-refractivity contribution in [1.82, 2.24) is 54.7 Å².